The molecule has 0 aliphatic heterocycles. The smallest absolute Gasteiger partial charge is 0.206 e. The zero-order chi connectivity index (χ0) is 22.8. The first kappa shape index (κ1) is 27.5. The zero-order valence-corrected chi connectivity index (χ0v) is 19.9. The van der Waals surface area contributed by atoms with Gasteiger partial charge in [0.05, 0.1) is 11.9 Å². The summed E-state index contributed by atoms with van der Waals surface area (Å²) in [6.07, 6.45) is 6.35. The third kappa shape index (κ3) is 11.5. The molecule has 0 aromatic heterocycles. The van der Waals surface area contributed by atoms with Gasteiger partial charge in [0.2, 0.25) is 6.41 Å². The molecule has 164 valence electrons. The van der Waals surface area contributed by atoms with Gasteiger partial charge in [0.25, 0.3) is 0 Å². The Morgan fingerprint density at radius 2 is 1.87 bits per heavy atom. The molecule has 0 spiro atoms. The largest absolute Gasteiger partial charge is 0.399 e. The predicted octanol–water partition coefficient (Wildman–Crippen LogP) is 4.91. The summed E-state index contributed by atoms with van der Waals surface area (Å²) in [6, 6.07) is 13.4. The molecular formula is C22H30ClN3O3S. The second kappa shape index (κ2) is 17.4. The number of thioether (sulfide) groups is 1. The van der Waals surface area contributed by atoms with E-state index in [9.17, 15) is 0 Å². The molecule has 6 nitrogen and oxygen atoms in total. The van der Waals surface area contributed by atoms with Gasteiger partial charge in [-0.15, -0.1) is 0 Å². The van der Waals surface area contributed by atoms with Gasteiger partial charge in [-0.25, -0.2) is 0 Å². The summed E-state index contributed by atoms with van der Waals surface area (Å²) in [4.78, 5) is 19.4. The molecule has 0 fully saturated rings. The second-order valence-corrected chi connectivity index (χ2v) is 7.09. The van der Waals surface area contributed by atoms with Gasteiger partial charge in [0, 0.05) is 23.2 Å². The molecule has 0 aliphatic carbocycles. The van der Waals surface area contributed by atoms with E-state index in [2.05, 4.69) is 15.6 Å². The second-order valence-electron chi connectivity index (χ2n) is 5.84. The van der Waals surface area contributed by atoms with Gasteiger partial charge in [-0.2, -0.15) is 11.8 Å². The molecule has 8 heteroatoms. The van der Waals surface area contributed by atoms with Gasteiger partial charge in [-0.05, 0) is 49.6 Å². The van der Waals surface area contributed by atoms with Gasteiger partial charge < -0.3 is 15.0 Å². The van der Waals surface area contributed by atoms with E-state index in [0.29, 0.717) is 18.0 Å². The number of carbonyl (C=O) groups is 1. The molecule has 1 N–H and O–H groups in total. The third-order valence-electron chi connectivity index (χ3n) is 3.48. The van der Waals surface area contributed by atoms with Crippen molar-refractivity contribution in [2.24, 2.45) is 10.3 Å². The van der Waals surface area contributed by atoms with E-state index in [1.165, 1.54) is 7.11 Å². The average molecular weight is 452 g/mol. The molecule has 0 saturated carbocycles. The lowest BCUT2D eigenvalue weighted by molar-refractivity contribution is -0.109. The number of oxime groups is 2. The number of hydrogen-bond donors (Lipinski definition) is 1. The Hall–Kier alpha value is -2.51. The number of hydrogen-bond acceptors (Lipinski definition) is 6. The Morgan fingerprint density at radius 3 is 2.43 bits per heavy atom. The molecule has 2 aromatic carbocycles. The van der Waals surface area contributed by atoms with Crippen LogP contribution in [0.1, 0.15) is 29.2 Å². The molecule has 2 aromatic rings. The normalized spacial score (nSPS) is 10.3. The number of carbonyl (C=O) groups excluding carboxylic acids is 1. The Labute approximate surface area is 188 Å². The van der Waals surface area contributed by atoms with Gasteiger partial charge in [-0.3, -0.25) is 4.79 Å². The van der Waals surface area contributed by atoms with Crippen molar-refractivity contribution in [3.8, 4) is 0 Å². The van der Waals surface area contributed by atoms with Gasteiger partial charge >= 0.3 is 0 Å². The van der Waals surface area contributed by atoms with Crippen molar-refractivity contribution in [3.63, 3.8) is 0 Å². The molecule has 2 rings (SSSR count). The molecule has 0 saturated heterocycles. The number of nitrogens with one attached hydrogen (secondary N) is 1. The highest BCUT2D eigenvalue weighted by atomic mass is 35.5. The topological polar surface area (TPSA) is 72.3 Å². The van der Waals surface area contributed by atoms with Crippen LogP contribution in [0, 0.1) is 6.92 Å². The summed E-state index contributed by atoms with van der Waals surface area (Å²) in [5, 5.41) is 10.9. The van der Waals surface area contributed by atoms with Crippen LogP contribution >= 0.6 is 23.4 Å². The lowest BCUT2D eigenvalue weighted by Crippen LogP contribution is -2.04. The van der Waals surface area contributed by atoms with Crippen molar-refractivity contribution in [1.29, 1.82) is 0 Å². The third-order valence-corrected chi connectivity index (χ3v) is 3.72. The zero-order valence-electron chi connectivity index (χ0n) is 18.3. The average Bonchev–Trinajstić information content (AvgIpc) is 2.73. The first-order valence-corrected chi connectivity index (χ1v) is 11.0. The van der Waals surface area contributed by atoms with Crippen molar-refractivity contribution in [2.75, 3.05) is 26.7 Å². The summed E-state index contributed by atoms with van der Waals surface area (Å²) in [5.41, 5.74) is 4.83. The van der Waals surface area contributed by atoms with Crippen molar-refractivity contribution < 1.29 is 14.5 Å². The number of halogens is 1. The Morgan fingerprint density at radius 1 is 1.23 bits per heavy atom. The minimum Gasteiger partial charge on any atom is -0.399 e. The lowest BCUT2D eigenvalue weighted by atomic mass is 10.00. The Balaban J connectivity index is 0.00000105. The highest BCUT2D eigenvalue weighted by Gasteiger charge is 2.09. The van der Waals surface area contributed by atoms with Crippen molar-refractivity contribution in [1.82, 2.24) is 5.32 Å². The molecule has 0 unspecified atom stereocenters. The first-order chi connectivity index (χ1) is 14.4. The van der Waals surface area contributed by atoms with Crippen LogP contribution in [0.4, 0.5) is 0 Å². The van der Waals surface area contributed by atoms with Crippen molar-refractivity contribution in [3.05, 3.63) is 69.7 Å². The fraction of sp³-hybridized carbons (Fsp3) is 0.318. The van der Waals surface area contributed by atoms with Crippen LogP contribution in [-0.2, 0) is 21.1 Å². The Kier molecular flexibility index (Phi) is 15.9. The summed E-state index contributed by atoms with van der Waals surface area (Å²) < 4.78 is 0. The molecule has 0 radical (unpaired) electrons. The van der Waals surface area contributed by atoms with Crippen LogP contribution in [0.15, 0.2) is 52.8 Å². The quantitative estimate of drug-likeness (QED) is 0.368. The van der Waals surface area contributed by atoms with Gasteiger partial charge in [0.1, 0.15) is 13.7 Å². The molecule has 30 heavy (non-hydrogen) atoms. The number of amides is 1. The fourth-order valence-corrected chi connectivity index (χ4v) is 2.40. The molecule has 0 atom stereocenters. The molecule has 0 bridgehead atoms. The minimum absolute atomic E-state index is 0.357. The van der Waals surface area contributed by atoms with Crippen molar-refractivity contribution in [2.45, 2.75) is 20.5 Å². The van der Waals surface area contributed by atoms with E-state index < -0.39 is 0 Å². The summed E-state index contributed by atoms with van der Waals surface area (Å²) >= 11 is 7.68. The van der Waals surface area contributed by atoms with E-state index >= 15 is 0 Å². The SMILES string of the molecule is CNC=O.CO/N=C(/C)c1cccc(C)c1CO/N=C/c1cccc(Cl)c1.CSC. The minimum atomic E-state index is 0.357. The number of aryl methyl sites for hydroxylation is 1. The van der Waals surface area contributed by atoms with Crippen LogP contribution in [0.3, 0.4) is 0 Å². The number of nitrogens with zero attached hydrogens (tertiary/aromatic N) is 2. The standard InChI is InChI=1S/C18H19ClN2O2.C2H5NO.C2H6S/c1-13-6-4-9-17(14(2)21-22-3)18(13)12-23-20-11-15-7-5-8-16(19)10-15;1-3-2-4;1-3-2/h4-11H,12H2,1-3H3;2H,1H3,(H,3,4);1-2H3/b20-11+,21-14-;;. The maximum absolute atomic E-state index is 9.06. The Bertz CT molecular complexity index is 814. The summed E-state index contributed by atoms with van der Waals surface area (Å²) in [7, 11) is 3.09. The molecule has 0 aliphatic rings. The first-order valence-electron chi connectivity index (χ1n) is 9.03. The van der Waals surface area contributed by atoms with E-state index in [0.717, 1.165) is 28.0 Å². The maximum atomic E-state index is 9.06. The van der Waals surface area contributed by atoms with E-state index in [1.807, 2.05) is 68.8 Å². The van der Waals surface area contributed by atoms with Crippen LogP contribution in [-0.4, -0.2) is 45.0 Å². The lowest BCUT2D eigenvalue weighted by Gasteiger charge is -2.11. The van der Waals surface area contributed by atoms with E-state index in [4.69, 9.17) is 26.1 Å². The number of rotatable bonds is 7. The fourth-order valence-electron chi connectivity index (χ4n) is 2.21. The van der Waals surface area contributed by atoms with Gasteiger partial charge in [0.15, 0.2) is 0 Å². The van der Waals surface area contributed by atoms with E-state index in [1.54, 1.807) is 25.0 Å². The highest BCUT2D eigenvalue weighted by Crippen LogP contribution is 2.17. The highest BCUT2D eigenvalue weighted by molar-refractivity contribution is 7.97. The predicted molar refractivity (Wildman–Crippen MR) is 129 cm³/mol. The van der Waals surface area contributed by atoms with Crippen LogP contribution in [0.25, 0.3) is 0 Å². The maximum Gasteiger partial charge on any atom is 0.206 e. The van der Waals surface area contributed by atoms with Gasteiger partial charge in [-0.1, -0.05) is 52.2 Å². The summed E-state index contributed by atoms with van der Waals surface area (Å²) in [6.45, 7) is 4.29. The molecule has 0 heterocycles. The molecular weight excluding hydrogens is 422 g/mol. The van der Waals surface area contributed by atoms with Crippen LogP contribution in [0.5, 0.6) is 0 Å². The number of benzene rings is 2. The molecule has 1 amide bonds. The summed E-state index contributed by atoms with van der Waals surface area (Å²) in [5.74, 6) is 0. The monoisotopic (exact) mass is 451 g/mol. The van der Waals surface area contributed by atoms with Crippen molar-refractivity contribution >= 4 is 41.7 Å². The van der Waals surface area contributed by atoms with Crippen LogP contribution < -0.4 is 5.32 Å². The van der Waals surface area contributed by atoms with Crippen LogP contribution in [0.2, 0.25) is 5.02 Å². The van der Waals surface area contributed by atoms with E-state index in [-0.39, 0.29) is 0 Å².